The van der Waals surface area contributed by atoms with Gasteiger partial charge in [-0.05, 0) is 28.1 Å². The molecule has 1 N–H and O–H groups in total. The average molecular weight is 335 g/mol. The maximum absolute atomic E-state index is 13.3. The van der Waals surface area contributed by atoms with E-state index in [0.717, 1.165) is 0 Å². The Morgan fingerprint density at radius 3 is 2.84 bits per heavy atom. The van der Waals surface area contributed by atoms with Crippen molar-refractivity contribution in [1.82, 2.24) is 0 Å². The highest BCUT2D eigenvalue weighted by Gasteiger charge is 2.42. The highest BCUT2D eigenvalue weighted by molar-refractivity contribution is 9.10. The molecular weight excluding hydrogens is 319 g/mol. The van der Waals surface area contributed by atoms with Gasteiger partial charge < -0.3 is 19.3 Å². The van der Waals surface area contributed by atoms with Crippen LogP contribution < -0.4 is 4.74 Å². The fourth-order valence-electron chi connectivity index (χ4n) is 1.88. The van der Waals surface area contributed by atoms with Crippen LogP contribution in [0.5, 0.6) is 5.75 Å². The first-order valence-electron chi connectivity index (χ1n) is 6.02. The van der Waals surface area contributed by atoms with Crippen LogP contribution in [0.2, 0.25) is 0 Å². The minimum atomic E-state index is -0.540. The van der Waals surface area contributed by atoms with Crippen molar-refractivity contribution in [3.8, 4) is 5.75 Å². The van der Waals surface area contributed by atoms with Gasteiger partial charge in [0.1, 0.15) is 23.8 Å². The van der Waals surface area contributed by atoms with E-state index in [1.807, 2.05) is 0 Å². The maximum atomic E-state index is 13.3. The molecule has 0 spiro atoms. The van der Waals surface area contributed by atoms with Crippen LogP contribution in [0, 0.1) is 5.82 Å². The first-order valence-corrected chi connectivity index (χ1v) is 6.81. The van der Waals surface area contributed by atoms with E-state index in [9.17, 15) is 9.50 Å². The number of hydrogen-bond donors (Lipinski definition) is 1. The van der Waals surface area contributed by atoms with Gasteiger partial charge in [-0.2, -0.15) is 0 Å². The number of rotatable bonds is 6. The number of ether oxygens (including phenoxy) is 3. The lowest BCUT2D eigenvalue weighted by molar-refractivity contribution is -0.167. The van der Waals surface area contributed by atoms with Crippen molar-refractivity contribution in [1.29, 1.82) is 0 Å². The van der Waals surface area contributed by atoms with Crippen molar-refractivity contribution in [2.75, 3.05) is 20.3 Å². The van der Waals surface area contributed by atoms with Crippen LogP contribution in [0.3, 0.4) is 0 Å². The second-order valence-corrected chi connectivity index (χ2v) is 5.22. The molecule has 0 bridgehead atoms. The number of methoxy groups -OCH3 is 1. The zero-order valence-electron chi connectivity index (χ0n) is 10.5. The molecular formula is C13H16BrFO4. The third-order valence-electron chi connectivity index (χ3n) is 3.00. The van der Waals surface area contributed by atoms with Gasteiger partial charge in [0.05, 0.1) is 23.8 Å². The van der Waals surface area contributed by atoms with Gasteiger partial charge in [0.2, 0.25) is 0 Å². The molecule has 0 heterocycles. The third-order valence-corrected chi connectivity index (χ3v) is 3.64. The Bertz CT molecular complexity index is 429. The molecule has 1 fully saturated rings. The van der Waals surface area contributed by atoms with E-state index in [2.05, 4.69) is 15.9 Å². The number of benzene rings is 1. The summed E-state index contributed by atoms with van der Waals surface area (Å²) in [6, 6.07) is 4.56. The van der Waals surface area contributed by atoms with Crippen LogP contribution >= 0.6 is 15.9 Å². The quantitative estimate of drug-likeness (QED) is 0.809. The minimum Gasteiger partial charge on any atom is -0.487 e. The topological polar surface area (TPSA) is 47.9 Å². The molecule has 1 saturated carbocycles. The summed E-state index contributed by atoms with van der Waals surface area (Å²) in [6.07, 6.45) is -0.702. The average Bonchev–Trinajstić information content (AvgIpc) is 2.38. The fourth-order valence-corrected chi connectivity index (χ4v) is 2.13. The predicted octanol–water partition coefficient (Wildman–Crippen LogP) is 2.13. The first-order chi connectivity index (χ1) is 9.11. The van der Waals surface area contributed by atoms with Crippen LogP contribution in [0.25, 0.3) is 0 Å². The summed E-state index contributed by atoms with van der Waals surface area (Å²) in [5.41, 5.74) is 0. The normalized spacial score (nSPS) is 26.0. The molecule has 19 heavy (non-hydrogen) atoms. The van der Waals surface area contributed by atoms with Gasteiger partial charge >= 0.3 is 0 Å². The Labute approximate surface area is 119 Å². The summed E-state index contributed by atoms with van der Waals surface area (Å²) < 4.78 is 29.7. The van der Waals surface area contributed by atoms with Gasteiger partial charge in [-0.15, -0.1) is 0 Å². The van der Waals surface area contributed by atoms with E-state index in [0.29, 0.717) is 29.9 Å². The molecule has 0 amide bonds. The van der Waals surface area contributed by atoms with E-state index in [1.54, 1.807) is 19.2 Å². The second-order valence-electron chi connectivity index (χ2n) is 4.36. The van der Waals surface area contributed by atoms with Crippen LogP contribution in [-0.4, -0.2) is 43.7 Å². The van der Waals surface area contributed by atoms with E-state index in [1.165, 1.54) is 6.07 Å². The zero-order valence-corrected chi connectivity index (χ0v) is 12.1. The van der Waals surface area contributed by atoms with Gasteiger partial charge in [-0.3, -0.25) is 0 Å². The highest BCUT2D eigenvalue weighted by atomic mass is 79.9. The summed E-state index contributed by atoms with van der Waals surface area (Å²) in [6.45, 7) is 0.857. The van der Waals surface area contributed by atoms with Gasteiger partial charge in [0.25, 0.3) is 0 Å². The standard InChI is InChI=1S/C13H16BrFO4/c1-17-4-5-18-13-11(16)7-12(13)19-8-2-3-9(14)10(15)6-8/h2-3,6,11-13,16H,4-5,7H2,1H3. The maximum Gasteiger partial charge on any atom is 0.141 e. The highest BCUT2D eigenvalue weighted by Crippen LogP contribution is 2.30. The van der Waals surface area contributed by atoms with Crippen molar-refractivity contribution < 1.29 is 23.7 Å². The van der Waals surface area contributed by atoms with E-state index in [-0.39, 0.29) is 18.0 Å². The molecule has 4 nitrogen and oxygen atoms in total. The lowest BCUT2D eigenvalue weighted by Gasteiger charge is -2.40. The Morgan fingerprint density at radius 2 is 2.21 bits per heavy atom. The van der Waals surface area contributed by atoms with Crippen molar-refractivity contribution in [3.63, 3.8) is 0 Å². The first kappa shape index (κ1) is 14.7. The molecule has 1 aromatic carbocycles. The number of aliphatic hydroxyl groups is 1. The molecule has 3 atom stereocenters. The lowest BCUT2D eigenvalue weighted by atomic mass is 9.88. The largest absolute Gasteiger partial charge is 0.487 e. The second kappa shape index (κ2) is 6.65. The summed E-state index contributed by atoms with van der Waals surface area (Å²) in [5.74, 6) is 0.0483. The Kier molecular flexibility index (Phi) is 5.15. The molecule has 3 unspecified atom stereocenters. The molecule has 1 aromatic rings. The Balaban J connectivity index is 1.89. The van der Waals surface area contributed by atoms with Crippen molar-refractivity contribution in [2.24, 2.45) is 0 Å². The number of hydrogen-bond acceptors (Lipinski definition) is 4. The molecule has 106 valence electrons. The molecule has 1 aliphatic carbocycles. The van der Waals surface area contributed by atoms with Crippen molar-refractivity contribution in [3.05, 3.63) is 28.5 Å². The van der Waals surface area contributed by atoms with Gasteiger partial charge in [-0.25, -0.2) is 4.39 Å². The fraction of sp³-hybridized carbons (Fsp3) is 0.538. The van der Waals surface area contributed by atoms with Crippen molar-refractivity contribution >= 4 is 15.9 Å². The van der Waals surface area contributed by atoms with Crippen LogP contribution in [0.1, 0.15) is 6.42 Å². The van der Waals surface area contributed by atoms with Crippen LogP contribution in [0.4, 0.5) is 4.39 Å². The monoisotopic (exact) mass is 334 g/mol. The van der Waals surface area contributed by atoms with Crippen molar-refractivity contribution in [2.45, 2.75) is 24.7 Å². The summed E-state index contributed by atoms with van der Waals surface area (Å²) in [7, 11) is 1.58. The molecule has 1 aliphatic rings. The molecule has 0 aromatic heterocycles. The zero-order chi connectivity index (χ0) is 13.8. The molecule has 0 aliphatic heterocycles. The Hall–Kier alpha value is -0.690. The Morgan fingerprint density at radius 1 is 1.42 bits per heavy atom. The molecule has 6 heteroatoms. The van der Waals surface area contributed by atoms with E-state index in [4.69, 9.17) is 14.2 Å². The summed E-state index contributed by atoms with van der Waals surface area (Å²) in [5, 5.41) is 9.63. The molecule has 0 saturated heterocycles. The van der Waals surface area contributed by atoms with Gasteiger partial charge in [-0.1, -0.05) is 0 Å². The van der Waals surface area contributed by atoms with Gasteiger partial charge in [0.15, 0.2) is 0 Å². The SMILES string of the molecule is COCCOC1C(O)CC1Oc1ccc(Br)c(F)c1. The van der Waals surface area contributed by atoms with Gasteiger partial charge in [0, 0.05) is 19.6 Å². The molecule has 2 rings (SSSR count). The summed E-state index contributed by atoms with van der Waals surface area (Å²) >= 11 is 3.08. The summed E-state index contributed by atoms with van der Waals surface area (Å²) in [4.78, 5) is 0. The number of aliphatic hydroxyl groups excluding tert-OH is 1. The van der Waals surface area contributed by atoms with Crippen LogP contribution in [0.15, 0.2) is 22.7 Å². The lowest BCUT2D eigenvalue weighted by Crippen LogP contribution is -2.55. The van der Waals surface area contributed by atoms with E-state index < -0.39 is 6.10 Å². The molecule has 0 radical (unpaired) electrons. The number of halogens is 2. The minimum absolute atomic E-state index is 0.257. The van der Waals surface area contributed by atoms with Crippen LogP contribution in [-0.2, 0) is 9.47 Å². The third kappa shape index (κ3) is 3.66. The predicted molar refractivity (Wildman–Crippen MR) is 70.8 cm³/mol. The smallest absolute Gasteiger partial charge is 0.141 e. The van der Waals surface area contributed by atoms with E-state index >= 15 is 0 Å².